The quantitative estimate of drug-likeness (QED) is 0.708. The molecule has 0 saturated carbocycles. The van der Waals surface area contributed by atoms with Crippen molar-refractivity contribution in [2.75, 3.05) is 26.2 Å². The number of benzene rings is 2. The number of para-hydroxylation sites is 1. The van der Waals surface area contributed by atoms with E-state index in [1.165, 1.54) is 0 Å². The summed E-state index contributed by atoms with van der Waals surface area (Å²) >= 11 is 0. The summed E-state index contributed by atoms with van der Waals surface area (Å²) in [6.45, 7) is 3.75. The zero-order valence-corrected chi connectivity index (χ0v) is 15.8. The van der Waals surface area contributed by atoms with Gasteiger partial charge in [-0.05, 0) is 12.1 Å². The number of rotatable bonds is 3. The average molecular weight is 374 g/mol. The van der Waals surface area contributed by atoms with Crippen LogP contribution >= 0.6 is 0 Å². The largest absolute Gasteiger partial charge is 0.339 e. The molecule has 0 radical (unpaired) electrons. The molecule has 6 heteroatoms. The predicted molar refractivity (Wildman–Crippen MR) is 107 cm³/mol. The normalized spacial score (nSPS) is 14.2. The fourth-order valence-electron chi connectivity index (χ4n) is 3.45. The van der Waals surface area contributed by atoms with Crippen molar-refractivity contribution < 1.29 is 9.59 Å². The first-order valence-electron chi connectivity index (χ1n) is 9.39. The Morgan fingerprint density at radius 2 is 1.39 bits per heavy atom. The smallest absolute Gasteiger partial charge is 0.257 e. The summed E-state index contributed by atoms with van der Waals surface area (Å²) in [7, 11) is 0. The van der Waals surface area contributed by atoms with Gasteiger partial charge in [0.15, 0.2) is 0 Å². The van der Waals surface area contributed by atoms with Crippen molar-refractivity contribution in [2.45, 2.75) is 6.92 Å². The van der Waals surface area contributed by atoms with Gasteiger partial charge in [-0.1, -0.05) is 48.5 Å². The highest BCUT2D eigenvalue weighted by atomic mass is 16.2. The lowest BCUT2D eigenvalue weighted by Gasteiger charge is -2.34. The van der Waals surface area contributed by atoms with Crippen LogP contribution in [0.3, 0.4) is 0 Å². The van der Waals surface area contributed by atoms with Gasteiger partial charge < -0.3 is 9.80 Å². The van der Waals surface area contributed by atoms with Crippen molar-refractivity contribution in [3.05, 3.63) is 72.4 Å². The van der Waals surface area contributed by atoms with Gasteiger partial charge >= 0.3 is 0 Å². The topological polar surface area (TPSA) is 58.4 Å². The third kappa shape index (κ3) is 3.53. The SMILES string of the molecule is CC(=O)N1CCN(C(=O)c2cn(-c3ccccc3)nc2-c2ccccc2)CC1. The molecule has 0 N–H and O–H groups in total. The maximum atomic E-state index is 13.3. The molecule has 1 aliphatic rings. The van der Waals surface area contributed by atoms with Gasteiger partial charge in [-0.25, -0.2) is 4.68 Å². The first-order valence-corrected chi connectivity index (χ1v) is 9.39. The number of amides is 2. The van der Waals surface area contributed by atoms with Gasteiger partial charge in [0, 0.05) is 44.9 Å². The van der Waals surface area contributed by atoms with E-state index in [0.717, 1.165) is 11.3 Å². The van der Waals surface area contributed by atoms with Crippen LogP contribution in [-0.2, 0) is 4.79 Å². The van der Waals surface area contributed by atoms with E-state index in [9.17, 15) is 9.59 Å². The third-order valence-electron chi connectivity index (χ3n) is 5.02. The Bertz CT molecular complexity index is 974. The van der Waals surface area contributed by atoms with E-state index < -0.39 is 0 Å². The molecule has 2 amide bonds. The van der Waals surface area contributed by atoms with Gasteiger partial charge in [-0.15, -0.1) is 0 Å². The highest BCUT2D eigenvalue weighted by molar-refractivity contribution is 6.00. The van der Waals surface area contributed by atoms with Crippen LogP contribution in [0.5, 0.6) is 0 Å². The first kappa shape index (κ1) is 18.0. The Morgan fingerprint density at radius 1 is 0.821 bits per heavy atom. The summed E-state index contributed by atoms with van der Waals surface area (Å²) in [5.41, 5.74) is 3.05. The fraction of sp³-hybridized carbons (Fsp3) is 0.227. The Kier molecular flexibility index (Phi) is 4.93. The van der Waals surface area contributed by atoms with Gasteiger partial charge in [0.25, 0.3) is 5.91 Å². The summed E-state index contributed by atoms with van der Waals surface area (Å²) in [4.78, 5) is 28.4. The van der Waals surface area contributed by atoms with E-state index in [-0.39, 0.29) is 11.8 Å². The summed E-state index contributed by atoms with van der Waals surface area (Å²) in [5, 5.41) is 4.71. The zero-order valence-electron chi connectivity index (χ0n) is 15.8. The maximum absolute atomic E-state index is 13.3. The molecule has 6 nitrogen and oxygen atoms in total. The van der Waals surface area contributed by atoms with Crippen LogP contribution in [0, 0.1) is 0 Å². The number of hydrogen-bond acceptors (Lipinski definition) is 3. The molecule has 1 fully saturated rings. The van der Waals surface area contributed by atoms with Crippen molar-refractivity contribution >= 4 is 11.8 Å². The maximum Gasteiger partial charge on any atom is 0.257 e. The van der Waals surface area contributed by atoms with Crippen LogP contribution in [0.1, 0.15) is 17.3 Å². The van der Waals surface area contributed by atoms with E-state index in [2.05, 4.69) is 0 Å². The Balaban J connectivity index is 1.68. The van der Waals surface area contributed by atoms with Crippen molar-refractivity contribution in [3.8, 4) is 16.9 Å². The van der Waals surface area contributed by atoms with Gasteiger partial charge in [0.2, 0.25) is 5.91 Å². The summed E-state index contributed by atoms with van der Waals surface area (Å²) in [6.07, 6.45) is 1.80. The Labute approximate surface area is 164 Å². The van der Waals surface area contributed by atoms with E-state index in [1.807, 2.05) is 60.7 Å². The van der Waals surface area contributed by atoms with Crippen LogP contribution in [0.2, 0.25) is 0 Å². The molecule has 1 saturated heterocycles. The molecule has 0 aliphatic carbocycles. The lowest BCUT2D eigenvalue weighted by Crippen LogP contribution is -2.50. The lowest BCUT2D eigenvalue weighted by atomic mass is 10.1. The Hall–Kier alpha value is -3.41. The molecular weight excluding hydrogens is 352 g/mol. The van der Waals surface area contributed by atoms with Gasteiger partial charge in [0.1, 0.15) is 5.69 Å². The van der Waals surface area contributed by atoms with Gasteiger partial charge in [0.05, 0.1) is 11.3 Å². The molecule has 0 atom stereocenters. The molecule has 1 aliphatic heterocycles. The second kappa shape index (κ2) is 7.68. The second-order valence-corrected chi connectivity index (χ2v) is 6.84. The summed E-state index contributed by atoms with van der Waals surface area (Å²) < 4.78 is 1.75. The van der Waals surface area contributed by atoms with E-state index in [0.29, 0.717) is 37.4 Å². The molecule has 1 aromatic heterocycles. The molecule has 0 spiro atoms. The molecular formula is C22H22N4O2. The minimum atomic E-state index is -0.0516. The van der Waals surface area contributed by atoms with Crippen molar-refractivity contribution in [2.24, 2.45) is 0 Å². The van der Waals surface area contributed by atoms with Crippen molar-refractivity contribution in [1.29, 1.82) is 0 Å². The van der Waals surface area contributed by atoms with Crippen LogP contribution < -0.4 is 0 Å². The number of aromatic nitrogens is 2. The number of carbonyl (C=O) groups excluding carboxylic acids is 2. The number of nitrogens with zero attached hydrogens (tertiary/aromatic N) is 4. The Morgan fingerprint density at radius 3 is 2.00 bits per heavy atom. The minimum Gasteiger partial charge on any atom is -0.339 e. The minimum absolute atomic E-state index is 0.0500. The van der Waals surface area contributed by atoms with Gasteiger partial charge in [-0.3, -0.25) is 9.59 Å². The molecule has 4 rings (SSSR count). The van der Waals surface area contributed by atoms with Crippen LogP contribution in [-0.4, -0.2) is 57.6 Å². The molecule has 2 aromatic carbocycles. The highest BCUT2D eigenvalue weighted by Crippen LogP contribution is 2.25. The van der Waals surface area contributed by atoms with Crippen LogP contribution in [0.4, 0.5) is 0 Å². The fourth-order valence-corrected chi connectivity index (χ4v) is 3.45. The van der Waals surface area contributed by atoms with Crippen LogP contribution in [0.15, 0.2) is 66.9 Å². The first-order chi connectivity index (χ1) is 13.6. The molecule has 2 heterocycles. The van der Waals surface area contributed by atoms with Crippen molar-refractivity contribution in [1.82, 2.24) is 19.6 Å². The number of carbonyl (C=O) groups is 2. The highest BCUT2D eigenvalue weighted by Gasteiger charge is 2.27. The predicted octanol–water partition coefficient (Wildman–Crippen LogP) is 2.84. The average Bonchev–Trinajstić information content (AvgIpc) is 3.20. The molecule has 0 unspecified atom stereocenters. The lowest BCUT2D eigenvalue weighted by molar-refractivity contribution is -0.130. The molecule has 3 aromatic rings. The zero-order chi connectivity index (χ0) is 19.5. The summed E-state index contributed by atoms with van der Waals surface area (Å²) in [5.74, 6) is -0.00166. The third-order valence-corrected chi connectivity index (χ3v) is 5.02. The van der Waals surface area contributed by atoms with E-state index in [4.69, 9.17) is 5.10 Å². The summed E-state index contributed by atoms with van der Waals surface area (Å²) in [6, 6.07) is 19.5. The van der Waals surface area contributed by atoms with E-state index >= 15 is 0 Å². The molecule has 142 valence electrons. The van der Waals surface area contributed by atoms with Crippen molar-refractivity contribution in [3.63, 3.8) is 0 Å². The van der Waals surface area contributed by atoms with Crippen LogP contribution in [0.25, 0.3) is 16.9 Å². The van der Waals surface area contributed by atoms with Gasteiger partial charge in [-0.2, -0.15) is 5.10 Å². The monoisotopic (exact) mass is 374 g/mol. The molecule has 0 bridgehead atoms. The molecule has 28 heavy (non-hydrogen) atoms. The second-order valence-electron chi connectivity index (χ2n) is 6.84. The van der Waals surface area contributed by atoms with E-state index in [1.54, 1.807) is 27.6 Å². The number of hydrogen-bond donors (Lipinski definition) is 0. The standard InChI is InChI=1S/C22H22N4O2/c1-17(27)24-12-14-25(15-13-24)22(28)20-16-26(19-10-6-3-7-11-19)23-21(20)18-8-4-2-5-9-18/h2-11,16H,12-15H2,1H3. The number of piperazine rings is 1.